The molecule has 1 saturated heterocycles. The van der Waals surface area contributed by atoms with Crippen molar-refractivity contribution in [3.8, 4) is 0 Å². The molecule has 3 aliphatic rings. The Morgan fingerprint density at radius 2 is 1.45 bits per heavy atom. The van der Waals surface area contributed by atoms with E-state index in [9.17, 15) is 14.4 Å². The fourth-order valence-electron chi connectivity index (χ4n) is 6.04. The first-order chi connectivity index (χ1) is 16.1. The third kappa shape index (κ3) is 2.39. The van der Waals surface area contributed by atoms with Crippen LogP contribution in [0.2, 0.25) is 0 Å². The average Bonchev–Trinajstić information content (AvgIpc) is 3.31. The molecule has 162 valence electrons. The van der Waals surface area contributed by atoms with Gasteiger partial charge in [-0.3, -0.25) is 9.59 Å². The predicted octanol–water partition coefficient (Wildman–Crippen LogP) is 4.29. The van der Waals surface area contributed by atoms with Crippen molar-refractivity contribution in [1.82, 2.24) is 0 Å². The molecule has 1 spiro atoms. The van der Waals surface area contributed by atoms with E-state index in [1.807, 2.05) is 71.6 Å². The fraction of sp³-hybridized carbons (Fsp3) is 0.179. The number of carbonyl (C=O) groups is 3. The number of rotatable bonds is 2. The average molecular weight is 435 g/mol. The van der Waals surface area contributed by atoms with Crippen LogP contribution in [0.3, 0.4) is 0 Å². The Bertz CT molecular complexity index is 1310. The molecule has 2 heterocycles. The molecule has 5 heteroatoms. The van der Waals surface area contributed by atoms with Gasteiger partial charge in [0, 0.05) is 22.7 Å². The molecule has 1 aliphatic carbocycles. The maximum Gasteiger partial charge on any atom is 0.329 e. The summed E-state index contributed by atoms with van der Waals surface area (Å²) in [6.45, 7) is 0. The first-order valence-electron chi connectivity index (χ1n) is 11.0. The second kappa shape index (κ2) is 7.01. The first-order valence-corrected chi connectivity index (χ1v) is 11.0. The zero-order valence-electron chi connectivity index (χ0n) is 18.0. The number of carbonyl (C=O) groups excluding carboxylic acids is 3. The molecular formula is C28H21NO4. The number of hydrogen-bond donors (Lipinski definition) is 0. The number of fused-ring (bicyclic) bond motifs is 5. The fourth-order valence-corrected chi connectivity index (χ4v) is 6.04. The lowest BCUT2D eigenvalue weighted by Crippen LogP contribution is -2.48. The molecule has 0 aromatic heterocycles. The smallest absolute Gasteiger partial charge is 0.329 e. The second-order valence-corrected chi connectivity index (χ2v) is 8.70. The van der Waals surface area contributed by atoms with Gasteiger partial charge in [-0.05, 0) is 17.2 Å². The van der Waals surface area contributed by atoms with Crippen molar-refractivity contribution in [2.45, 2.75) is 18.0 Å². The normalized spacial score (nSPS) is 23.9. The Hall–Kier alpha value is -3.99. The van der Waals surface area contributed by atoms with Crippen LogP contribution in [-0.4, -0.2) is 36.7 Å². The molecule has 33 heavy (non-hydrogen) atoms. The Morgan fingerprint density at radius 1 is 0.848 bits per heavy atom. The monoisotopic (exact) mass is 435 g/mol. The summed E-state index contributed by atoms with van der Waals surface area (Å²) in [5, 5.41) is 0. The number of anilines is 1. The predicted molar refractivity (Wildman–Crippen MR) is 124 cm³/mol. The van der Waals surface area contributed by atoms with E-state index in [-0.39, 0.29) is 11.6 Å². The molecule has 0 N–H and O–H groups in total. The van der Waals surface area contributed by atoms with Gasteiger partial charge in [-0.1, -0.05) is 84.9 Å². The second-order valence-electron chi connectivity index (χ2n) is 8.70. The molecular weight excluding hydrogens is 414 g/mol. The molecule has 0 radical (unpaired) electrons. The largest absolute Gasteiger partial charge is 0.467 e. The first kappa shape index (κ1) is 19.7. The Balaban J connectivity index is 1.69. The molecule has 3 aromatic carbocycles. The summed E-state index contributed by atoms with van der Waals surface area (Å²) in [5.41, 5.74) is 1.88. The highest BCUT2D eigenvalue weighted by Crippen LogP contribution is 2.60. The van der Waals surface area contributed by atoms with Crippen molar-refractivity contribution in [1.29, 1.82) is 0 Å². The lowest BCUT2D eigenvalue weighted by atomic mass is 9.65. The molecule has 5 nitrogen and oxygen atoms in total. The summed E-state index contributed by atoms with van der Waals surface area (Å²) in [4.78, 5) is 43.7. The van der Waals surface area contributed by atoms with Gasteiger partial charge in [0.05, 0.1) is 13.2 Å². The maximum absolute atomic E-state index is 14.2. The highest BCUT2D eigenvalue weighted by molar-refractivity contribution is 6.32. The molecule has 2 aliphatic heterocycles. The molecule has 0 amide bonds. The number of para-hydroxylation sites is 1. The van der Waals surface area contributed by atoms with Crippen molar-refractivity contribution >= 4 is 29.3 Å². The number of ether oxygens (including phenoxy) is 1. The molecule has 1 fully saturated rings. The van der Waals surface area contributed by atoms with Crippen LogP contribution < -0.4 is 4.90 Å². The number of Topliss-reactive ketones (excluding diaryl/α,β-unsaturated/α-hetero) is 2. The minimum absolute atomic E-state index is 0.234. The van der Waals surface area contributed by atoms with Crippen LogP contribution in [0.5, 0.6) is 0 Å². The maximum atomic E-state index is 14.2. The van der Waals surface area contributed by atoms with Crippen LogP contribution in [-0.2, 0) is 9.53 Å². The van der Waals surface area contributed by atoms with Gasteiger partial charge in [0.2, 0.25) is 0 Å². The van der Waals surface area contributed by atoms with Gasteiger partial charge < -0.3 is 9.64 Å². The standard InChI is InChI=1S/C28H21NO4/c1-33-27(32)24-23(18-10-3-2-4-11-18)28(25(30)19-12-6-7-13-20(19)26(28)31)22-16-15-17-9-5-8-14-21(17)29(22)24/h2-16,22-24H,1H3/t22-,23+,24-/m0/s1. The van der Waals surface area contributed by atoms with Crippen molar-refractivity contribution in [3.05, 3.63) is 107 Å². The van der Waals surface area contributed by atoms with Crippen LogP contribution >= 0.6 is 0 Å². The van der Waals surface area contributed by atoms with E-state index < -0.39 is 29.4 Å². The molecule has 3 aromatic rings. The quantitative estimate of drug-likeness (QED) is 0.444. The van der Waals surface area contributed by atoms with Gasteiger partial charge in [0.15, 0.2) is 11.6 Å². The number of nitrogens with zero attached hydrogens (tertiary/aromatic N) is 1. The van der Waals surface area contributed by atoms with E-state index in [1.54, 1.807) is 24.3 Å². The Labute approximate surface area is 191 Å². The summed E-state index contributed by atoms with van der Waals surface area (Å²) in [6.07, 6.45) is 3.85. The lowest BCUT2D eigenvalue weighted by Gasteiger charge is -2.36. The van der Waals surface area contributed by atoms with Gasteiger partial charge in [0.25, 0.3) is 0 Å². The Morgan fingerprint density at radius 3 is 2.12 bits per heavy atom. The van der Waals surface area contributed by atoms with E-state index in [2.05, 4.69) is 0 Å². The van der Waals surface area contributed by atoms with Gasteiger partial charge in [0.1, 0.15) is 11.5 Å². The van der Waals surface area contributed by atoms with Crippen LogP contribution in [0.15, 0.2) is 84.9 Å². The molecule has 0 unspecified atom stereocenters. The van der Waals surface area contributed by atoms with Crippen LogP contribution in [0.4, 0.5) is 5.69 Å². The summed E-state index contributed by atoms with van der Waals surface area (Å²) >= 11 is 0. The number of esters is 1. The van der Waals surface area contributed by atoms with Gasteiger partial charge in [-0.2, -0.15) is 0 Å². The number of hydrogen-bond acceptors (Lipinski definition) is 5. The zero-order chi connectivity index (χ0) is 22.7. The van der Waals surface area contributed by atoms with Crippen molar-refractivity contribution in [3.63, 3.8) is 0 Å². The third-order valence-electron chi connectivity index (χ3n) is 7.31. The van der Waals surface area contributed by atoms with Crippen molar-refractivity contribution < 1.29 is 19.1 Å². The summed E-state index contributed by atoms with van der Waals surface area (Å²) in [6, 6.07) is 22.6. The van der Waals surface area contributed by atoms with Gasteiger partial charge >= 0.3 is 5.97 Å². The van der Waals surface area contributed by atoms with Crippen LogP contribution in [0.25, 0.3) is 6.08 Å². The number of methoxy groups -OCH3 is 1. The van der Waals surface area contributed by atoms with Crippen LogP contribution in [0.1, 0.15) is 37.8 Å². The minimum atomic E-state index is -1.46. The highest BCUT2D eigenvalue weighted by Gasteiger charge is 2.71. The van der Waals surface area contributed by atoms with Crippen LogP contribution in [0, 0.1) is 5.41 Å². The Kier molecular flexibility index (Phi) is 4.18. The van der Waals surface area contributed by atoms with Crippen molar-refractivity contribution in [2.75, 3.05) is 12.0 Å². The lowest BCUT2D eigenvalue weighted by molar-refractivity contribution is -0.142. The van der Waals surface area contributed by atoms with E-state index in [1.165, 1.54) is 7.11 Å². The zero-order valence-corrected chi connectivity index (χ0v) is 18.0. The van der Waals surface area contributed by atoms with E-state index >= 15 is 0 Å². The minimum Gasteiger partial charge on any atom is -0.467 e. The van der Waals surface area contributed by atoms with Gasteiger partial charge in [-0.15, -0.1) is 0 Å². The number of benzene rings is 3. The van der Waals surface area contributed by atoms with Crippen molar-refractivity contribution in [2.24, 2.45) is 5.41 Å². The third-order valence-corrected chi connectivity index (χ3v) is 7.31. The van der Waals surface area contributed by atoms with E-state index in [4.69, 9.17) is 4.74 Å². The molecule has 3 atom stereocenters. The SMILES string of the molecule is COC(=O)[C@@H]1[C@@H](c2ccccc2)C2(C(=O)c3ccccc3C2=O)[C@@H]2C=Cc3ccccc3N12. The topological polar surface area (TPSA) is 63.7 Å². The van der Waals surface area contributed by atoms with E-state index in [0.717, 1.165) is 16.8 Å². The molecule has 0 saturated carbocycles. The van der Waals surface area contributed by atoms with Gasteiger partial charge in [-0.25, -0.2) is 4.79 Å². The summed E-state index contributed by atoms with van der Waals surface area (Å²) in [5.74, 6) is -1.64. The summed E-state index contributed by atoms with van der Waals surface area (Å²) in [7, 11) is 1.35. The number of ketones is 2. The highest BCUT2D eigenvalue weighted by atomic mass is 16.5. The molecule has 0 bridgehead atoms. The molecule has 6 rings (SSSR count). The van der Waals surface area contributed by atoms with E-state index in [0.29, 0.717) is 11.1 Å². The summed E-state index contributed by atoms with van der Waals surface area (Å²) < 4.78 is 5.27.